The van der Waals surface area contributed by atoms with E-state index in [-0.39, 0.29) is 28.8 Å². The lowest BCUT2D eigenvalue weighted by Crippen LogP contribution is -2.11. The van der Waals surface area contributed by atoms with Crippen LogP contribution in [0.5, 0.6) is 5.75 Å². The summed E-state index contributed by atoms with van der Waals surface area (Å²) >= 11 is 11.7. The molecule has 0 radical (unpaired) electrons. The lowest BCUT2D eigenvalue weighted by molar-refractivity contribution is -0.384. The average molecular weight is 326 g/mol. The van der Waals surface area contributed by atoms with Gasteiger partial charge in [-0.15, -0.1) is 0 Å². The average Bonchev–Trinajstić information content (AvgIpc) is 2.45. The monoisotopic (exact) mass is 325 g/mol. The number of non-ortho nitro benzene ring substituents is 1. The van der Waals surface area contributed by atoms with Gasteiger partial charge in [-0.1, -0.05) is 35.3 Å². The minimum absolute atomic E-state index is 0.0845. The number of hydrogen-bond donors (Lipinski definition) is 0. The van der Waals surface area contributed by atoms with Crippen LogP contribution in [0.4, 0.5) is 5.69 Å². The highest BCUT2D eigenvalue weighted by atomic mass is 35.5. The van der Waals surface area contributed by atoms with Gasteiger partial charge in [-0.2, -0.15) is 0 Å². The maximum atomic E-state index is 11.9. The zero-order valence-electron chi connectivity index (χ0n) is 10.6. The summed E-state index contributed by atoms with van der Waals surface area (Å²) in [6.07, 6.45) is 0. The van der Waals surface area contributed by atoms with Crippen molar-refractivity contribution in [3.05, 3.63) is 68.2 Å². The van der Waals surface area contributed by atoms with E-state index >= 15 is 0 Å². The van der Waals surface area contributed by atoms with Gasteiger partial charge in [-0.25, -0.2) is 0 Å². The largest absolute Gasteiger partial charge is 0.484 e. The number of halogens is 2. The van der Waals surface area contributed by atoms with Gasteiger partial charge in [0, 0.05) is 16.7 Å². The third kappa shape index (κ3) is 3.93. The van der Waals surface area contributed by atoms with Gasteiger partial charge >= 0.3 is 0 Å². The number of hydrogen-bond acceptors (Lipinski definition) is 4. The van der Waals surface area contributed by atoms with Crippen molar-refractivity contribution in [2.45, 2.75) is 0 Å². The molecule has 2 rings (SSSR count). The van der Waals surface area contributed by atoms with Gasteiger partial charge in [0.25, 0.3) is 5.69 Å². The first-order valence-corrected chi connectivity index (χ1v) is 6.58. The topological polar surface area (TPSA) is 69.4 Å². The summed E-state index contributed by atoms with van der Waals surface area (Å²) in [7, 11) is 0. The molecule has 5 nitrogen and oxygen atoms in total. The van der Waals surface area contributed by atoms with E-state index in [0.29, 0.717) is 10.6 Å². The minimum Gasteiger partial charge on any atom is -0.484 e. The van der Waals surface area contributed by atoms with E-state index in [2.05, 4.69) is 0 Å². The van der Waals surface area contributed by atoms with E-state index in [0.717, 1.165) is 0 Å². The molecule has 0 atom stereocenters. The van der Waals surface area contributed by atoms with Crippen molar-refractivity contribution >= 4 is 34.7 Å². The Bertz CT molecular complexity index is 703. The lowest BCUT2D eigenvalue weighted by atomic mass is 10.1. The van der Waals surface area contributed by atoms with Crippen molar-refractivity contribution in [2.75, 3.05) is 6.61 Å². The number of nitrogens with zero attached hydrogens (tertiary/aromatic N) is 1. The molecule has 0 aromatic heterocycles. The number of ether oxygens (including phenoxy) is 1. The molecule has 0 N–H and O–H groups in total. The SMILES string of the molecule is O=C(COc1cc([N+](=O)[O-])ccc1Cl)c1cccc(Cl)c1. The molecule has 7 heteroatoms. The molecule has 108 valence electrons. The van der Waals surface area contributed by atoms with Crippen LogP contribution >= 0.6 is 23.2 Å². The number of ketones is 1. The van der Waals surface area contributed by atoms with Crippen LogP contribution in [0.3, 0.4) is 0 Å². The van der Waals surface area contributed by atoms with Gasteiger partial charge in [0.2, 0.25) is 0 Å². The molecular weight excluding hydrogens is 317 g/mol. The van der Waals surface area contributed by atoms with Crippen LogP contribution in [-0.2, 0) is 0 Å². The number of Topliss-reactive ketones (excluding diaryl/α,β-unsaturated/α-hetero) is 1. The van der Waals surface area contributed by atoms with E-state index in [1.54, 1.807) is 18.2 Å². The van der Waals surface area contributed by atoms with Crippen LogP contribution in [0.15, 0.2) is 42.5 Å². The van der Waals surface area contributed by atoms with Gasteiger partial charge in [-0.05, 0) is 18.2 Å². The molecule has 2 aromatic rings. The summed E-state index contributed by atoms with van der Waals surface area (Å²) in [5, 5.41) is 11.3. The van der Waals surface area contributed by atoms with Gasteiger partial charge < -0.3 is 4.74 Å². The quantitative estimate of drug-likeness (QED) is 0.470. The third-order valence-corrected chi connectivity index (χ3v) is 3.18. The summed E-state index contributed by atoms with van der Waals surface area (Å²) in [4.78, 5) is 22.1. The lowest BCUT2D eigenvalue weighted by Gasteiger charge is -2.07. The molecule has 0 amide bonds. The van der Waals surface area contributed by atoms with Gasteiger partial charge in [0.15, 0.2) is 12.4 Å². The Hall–Kier alpha value is -2.11. The Morgan fingerprint density at radius 2 is 1.95 bits per heavy atom. The summed E-state index contributed by atoms with van der Waals surface area (Å²) in [6, 6.07) is 10.2. The summed E-state index contributed by atoms with van der Waals surface area (Å²) < 4.78 is 5.25. The molecule has 0 unspecified atom stereocenters. The van der Waals surface area contributed by atoms with Gasteiger partial charge in [0.05, 0.1) is 16.0 Å². The van der Waals surface area contributed by atoms with Gasteiger partial charge in [0.1, 0.15) is 5.75 Å². The second kappa shape index (κ2) is 6.56. The number of nitro groups is 1. The van der Waals surface area contributed by atoms with Crippen molar-refractivity contribution in [1.29, 1.82) is 0 Å². The highest BCUT2D eigenvalue weighted by molar-refractivity contribution is 6.32. The van der Waals surface area contributed by atoms with Gasteiger partial charge in [-0.3, -0.25) is 14.9 Å². The highest BCUT2D eigenvalue weighted by Crippen LogP contribution is 2.29. The Morgan fingerprint density at radius 1 is 1.19 bits per heavy atom. The molecule has 0 heterocycles. The molecule has 0 aliphatic carbocycles. The van der Waals surface area contributed by atoms with Crippen molar-refractivity contribution < 1.29 is 14.5 Å². The predicted octanol–water partition coefficient (Wildman–Crippen LogP) is 4.16. The van der Waals surface area contributed by atoms with E-state index in [1.165, 1.54) is 24.3 Å². The number of carbonyl (C=O) groups excluding carboxylic acids is 1. The fourth-order valence-electron chi connectivity index (χ4n) is 1.60. The molecule has 0 aliphatic rings. The standard InChI is InChI=1S/C14H9Cl2NO4/c15-10-3-1-2-9(6-10)13(18)8-21-14-7-11(17(19)20)4-5-12(14)16/h1-7H,8H2. The zero-order chi connectivity index (χ0) is 15.4. The Morgan fingerprint density at radius 3 is 2.62 bits per heavy atom. The van der Waals surface area contributed by atoms with Crippen molar-refractivity contribution in [2.24, 2.45) is 0 Å². The molecule has 0 aliphatic heterocycles. The number of carbonyl (C=O) groups is 1. The smallest absolute Gasteiger partial charge is 0.273 e. The number of benzene rings is 2. The zero-order valence-corrected chi connectivity index (χ0v) is 12.1. The van der Waals surface area contributed by atoms with E-state index < -0.39 is 4.92 Å². The van der Waals surface area contributed by atoms with E-state index in [4.69, 9.17) is 27.9 Å². The molecule has 21 heavy (non-hydrogen) atoms. The van der Waals surface area contributed by atoms with Crippen LogP contribution in [0.1, 0.15) is 10.4 Å². The van der Waals surface area contributed by atoms with Crippen LogP contribution in [0, 0.1) is 10.1 Å². The third-order valence-electron chi connectivity index (χ3n) is 2.63. The molecule has 0 saturated carbocycles. The first kappa shape index (κ1) is 15.3. The summed E-state index contributed by atoms with van der Waals surface area (Å²) in [6.45, 7) is -0.290. The minimum atomic E-state index is -0.567. The van der Waals surface area contributed by atoms with Crippen molar-refractivity contribution in [3.63, 3.8) is 0 Å². The van der Waals surface area contributed by atoms with Crippen LogP contribution in [0.25, 0.3) is 0 Å². The Kier molecular flexibility index (Phi) is 4.77. The van der Waals surface area contributed by atoms with E-state index in [9.17, 15) is 14.9 Å². The van der Waals surface area contributed by atoms with Crippen molar-refractivity contribution in [3.8, 4) is 5.75 Å². The molecular formula is C14H9Cl2NO4. The molecule has 0 fully saturated rings. The van der Waals surface area contributed by atoms with Crippen molar-refractivity contribution in [1.82, 2.24) is 0 Å². The molecule has 0 bridgehead atoms. The van der Waals surface area contributed by atoms with Crippen LogP contribution in [-0.4, -0.2) is 17.3 Å². The van der Waals surface area contributed by atoms with Crippen LogP contribution < -0.4 is 4.74 Å². The maximum absolute atomic E-state index is 11.9. The second-order valence-electron chi connectivity index (χ2n) is 4.09. The normalized spacial score (nSPS) is 10.2. The van der Waals surface area contributed by atoms with Crippen LogP contribution in [0.2, 0.25) is 10.0 Å². The van der Waals surface area contributed by atoms with E-state index in [1.807, 2.05) is 0 Å². The first-order chi connectivity index (χ1) is 9.97. The number of rotatable bonds is 5. The summed E-state index contributed by atoms with van der Waals surface area (Å²) in [5.74, 6) is -0.221. The fourth-order valence-corrected chi connectivity index (χ4v) is 1.97. The first-order valence-electron chi connectivity index (χ1n) is 5.83. The summed E-state index contributed by atoms with van der Waals surface area (Å²) in [5.41, 5.74) is 0.230. The number of nitro benzene ring substituents is 1. The molecule has 2 aromatic carbocycles. The Labute approximate surface area is 130 Å². The predicted molar refractivity (Wildman–Crippen MR) is 79.4 cm³/mol. The highest BCUT2D eigenvalue weighted by Gasteiger charge is 2.13. The fraction of sp³-hybridized carbons (Fsp3) is 0.0714. The molecule has 0 spiro atoms. The Balaban J connectivity index is 2.11. The molecule has 0 saturated heterocycles. The second-order valence-corrected chi connectivity index (χ2v) is 4.94. The maximum Gasteiger partial charge on any atom is 0.273 e.